The number of hydrogen-bond donors (Lipinski definition) is 1. The number of phenols is 1. The van der Waals surface area contributed by atoms with Gasteiger partial charge in [-0.1, -0.05) is 18.2 Å². The SMILES string of the molecule is Oc1ccc(COc2ccc(CCl)cc2F)cc1. The Hall–Kier alpha value is -1.74. The van der Waals surface area contributed by atoms with Crippen molar-refractivity contribution in [3.8, 4) is 11.5 Å². The van der Waals surface area contributed by atoms with Gasteiger partial charge < -0.3 is 9.84 Å². The van der Waals surface area contributed by atoms with E-state index in [1.165, 1.54) is 6.07 Å². The topological polar surface area (TPSA) is 29.5 Å². The molecule has 0 aliphatic rings. The van der Waals surface area contributed by atoms with Crippen LogP contribution in [0.4, 0.5) is 4.39 Å². The number of hydrogen-bond acceptors (Lipinski definition) is 2. The number of benzene rings is 2. The first-order valence-electron chi connectivity index (χ1n) is 5.44. The zero-order valence-electron chi connectivity index (χ0n) is 9.57. The van der Waals surface area contributed by atoms with E-state index in [0.29, 0.717) is 5.56 Å². The lowest BCUT2D eigenvalue weighted by molar-refractivity contribution is 0.290. The Morgan fingerprint density at radius 2 is 1.72 bits per heavy atom. The Labute approximate surface area is 110 Å². The second-order valence-electron chi connectivity index (χ2n) is 3.85. The van der Waals surface area contributed by atoms with Crippen molar-refractivity contribution >= 4 is 11.6 Å². The van der Waals surface area contributed by atoms with E-state index in [2.05, 4.69) is 0 Å². The van der Waals surface area contributed by atoms with Crippen LogP contribution < -0.4 is 4.74 Å². The molecule has 1 N–H and O–H groups in total. The molecule has 0 atom stereocenters. The molecule has 2 aromatic carbocycles. The quantitative estimate of drug-likeness (QED) is 0.852. The van der Waals surface area contributed by atoms with E-state index in [1.807, 2.05) is 0 Å². The van der Waals surface area contributed by atoms with Gasteiger partial charge in [-0.05, 0) is 35.4 Å². The van der Waals surface area contributed by atoms with Gasteiger partial charge >= 0.3 is 0 Å². The van der Waals surface area contributed by atoms with Crippen LogP contribution in [0.2, 0.25) is 0 Å². The van der Waals surface area contributed by atoms with Gasteiger partial charge in [0.2, 0.25) is 0 Å². The molecule has 0 heterocycles. The molecule has 18 heavy (non-hydrogen) atoms. The summed E-state index contributed by atoms with van der Waals surface area (Å²) < 4.78 is 18.9. The maximum absolute atomic E-state index is 13.6. The van der Waals surface area contributed by atoms with E-state index in [9.17, 15) is 4.39 Å². The molecule has 0 aliphatic heterocycles. The Bertz CT molecular complexity index is 526. The van der Waals surface area contributed by atoms with Gasteiger partial charge in [-0.15, -0.1) is 11.6 Å². The Morgan fingerprint density at radius 3 is 2.33 bits per heavy atom. The smallest absolute Gasteiger partial charge is 0.165 e. The molecule has 0 saturated heterocycles. The highest BCUT2D eigenvalue weighted by molar-refractivity contribution is 6.17. The van der Waals surface area contributed by atoms with E-state index in [1.54, 1.807) is 36.4 Å². The monoisotopic (exact) mass is 266 g/mol. The average molecular weight is 267 g/mol. The first-order chi connectivity index (χ1) is 8.69. The molecule has 0 bridgehead atoms. The van der Waals surface area contributed by atoms with Crippen LogP contribution >= 0.6 is 11.6 Å². The van der Waals surface area contributed by atoms with Crippen molar-refractivity contribution in [1.29, 1.82) is 0 Å². The molecule has 0 aliphatic carbocycles. The first kappa shape index (κ1) is 12.7. The molecular weight excluding hydrogens is 255 g/mol. The van der Waals surface area contributed by atoms with Crippen molar-refractivity contribution in [3.63, 3.8) is 0 Å². The Balaban J connectivity index is 2.04. The number of phenolic OH excluding ortho intramolecular Hbond substituents is 1. The van der Waals surface area contributed by atoms with Gasteiger partial charge in [-0.3, -0.25) is 0 Å². The van der Waals surface area contributed by atoms with Crippen LogP contribution in [0.5, 0.6) is 11.5 Å². The highest BCUT2D eigenvalue weighted by atomic mass is 35.5. The minimum atomic E-state index is -0.424. The first-order valence-corrected chi connectivity index (χ1v) is 5.97. The second-order valence-corrected chi connectivity index (χ2v) is 4.12. The van der Waals surface area contributed by atoms with Crippen LogP contribution in [0.15, 0.2) is 42.5 Å². The van der Waals surface area contributed by atoms with E-state index >= 15 is 0 Å². The van der Waals surface area contributed by atoms with Gasteiger partial charge in [0, 0.05) is 5.88 Å². The van der Waals surface area contributed by atoms with Crippen molar-refractivity contribution in [2.24, 2.45) is 0 Å². The van der Waals surface area contributed by atoms with Gasteiger partial charge in [0.15, 0.2) is 11.6 Å². The van der Waals surface area contributed by atoms with Crippen molar-refractivity contribution in [3.05, 3.63) is 59.4 Å². The second kappa shape index (κ2) is 5.74. The molecule has 4 heteroatoms. The molecule has 0 saturated carbocycles. The fourth-order valence-electron chi connectivity index (χ4n) is 1.50. The maximum atomic E-state index is 13.6. The Kier molecular flexibility index (Phi) is 4.05. The average Bonchev–Trinajstić information content (AvgIpc) is 2.39. The van der Waals surface area contributed by atoms with Gasteiger partial charge in [-0.2, -0.15) is 0 Å². The lowest BCUT2D eigenvalue weighted by Gasteiger charge is -2.08. The van der Waals surface area contributed by atoms with Crippen LogP contribution in [0, 0.1) is 5.82 Å². The molecule has 0 fully saturated rings. The summed E-state index contributed by atoms with van der Waals surface area (Å²) in [7, 11) is 0. The third kappa shape index (κ3) is 3.14. The maximum Gasteiger partial charge on any atom is 0.165 e. The molecular formula is C14H12ClFO2. The van der Waals surface area contributed by atoms with E-state index in [4.69, 9.17) is 21.4 Å². The summed E-state index contributed by atoms with van der Waals surface area (Å²) in [6.07, 6.45) is 0. The normalized spacial score (nSPS) is 10.3. The van der Waals surface area contributed by atoms with Crippen molar-refractivity contribution in [2.75, 3.05) is 0 Å². The van der Waals surface area contributed by atoms with Crippen LogP contribution in [-0.2, 0) is 12.5 Å². The predicted octanol–water partition coefficient (Wildman–Crippen LogP) is 3.85. The molecule has 94 valence electrons. The van der Waals surface area contributed by atoms with Crippen LogP contribution in [-0.4, -0.2) is 5.11 Å². The van der Waals surface area contributed by atoms with Crippen molar-refractivity contribution < 1.29 is 14.2 Å². The van der Waals surface area contributed by atoms with Crippen molar-refractivity contribution in [2.45, 2.75) is 12.5 Å². The summed E-state index contributed by atoms with van der Waals surface area (Å²) >= 11 is 5.61. The summed E-state index contributed by atoms with van der Waals surface area (Å²) in [5.74, 6) is 0.232. The van der Waals surface area contributed by atoms with E-state index in [0.717, 1.165) is 5.56 Å². The van der Waals surface area contributed by atoms with E-state index < -0.39 is 5.82 Å². The highest BCUT2D eigenvalue weighted by Crippen LogP contribution is 2.21. The summed E-state index contributed by atoms with van der Waals surface area (Å²) in [6.45, 7) is 0.247. The highest BCUT2D eigenvalue weighted by Gasteiger charge is 2.04. The van der Waals surface area contributed by atoms with Crippen molar-refractivity contribution in [1.82, 2.24) is 0 Å². The summed E-state index contributed by atoms with van der Waals surface area (Å²) in [5, 5.41) is 9.13. The molecule has 2 rings (SSSR count). The van der Waals surface area contributed by atoms with Crippen LogP contribution in [0.25, 0.3) is 0 Å². The molecule has 0 aromatic heterocycles. The number of aromatic hydroxyl groups is 1. The minimum Gasteiger partial charge on any atom is -0.508 e. The standard InChI is InChI=1S/C14H12ClFO2/c15-8-11-3-6-14(13(16)7-11)18-9-10-1-4-12(17)5-2-10/h1-7,17H,8-9H2. The molecule has 0 unspecified atom stereocenters. The lowest BCUT2D eigenvalue weighted by Crippen LogP contribution is -1.97. The minimum absolute atomic E-state index is 0.191. The van der Waals surface area contributed by atoms with Gasteiger partial charge in [0.25, 0.3) is 0 Å². The molecule has 0 radical (unpaired) electrons. The fourth-order valence-corrected chi connectivity index (χ4v) is 1.66. The van der Waals surface area contributed by atoms with Gasteiger partial charge in [-0.25, -0.2) is 4.39 Å². The van der Waals surface area contributed by atoms with Crippen LogP contribution in [0.3, 0.4) is 0 Å². The molecule has 0 amide bonds. The number of alkyl halides is 1. The summed E-state index contributed by atoms with van der Waals surface area (Å²) in [4.78, 5) is 0. The lowest BCUT2D eigenvalue weighted by atomic mass is 10.2. The zero-order chi connectivity index (χ0) is 13.0. The van der Waals surface area contributed by atoms with Crippen LogP contribution in [0.1, 0.15) is 11.1 Å². The fraction of sp³-hybridized carbons (Fsp3) is 0.143. The predicted molar refractivity (Wildman–Crippen MR) is 68.4 cm³/mol. The molecule has 2 aromatic rings. The molecule has 2 nitrogen and oxygen atoms in total. The van der Waals surface area contributed by atoms with Gasteiger partial charge in [0.1, 0.15) is 12.4 Å². The zero-order valence-corrected chi connectivity index (χ0v) is 10.3. The van der Waals surface area contributed by atoms with Gasteiger partial charge in [0.05, 0.1) is 0 Å². The summed E-state index contributed by atoms with van der Waals surface area (Å²) in [5.41, 5.74) is 1.57. The largest absolute Gasteiger partial charge is 0.508 e. The third-order valence-electron chi connectivity index (χ3n) is 2.48. The third-order valence-corrected chi connectivity index (χ3v) is 2.79. The Morgan fingerprint density at radius 1 is 1.06 bits per heavy atom. The molecule has 0 spiro atoms. The number of ether oxygens (including phenoxy) is 1. The summed E-state index contributed by atoms with van der Waals surface area (Å²) in [6, 6.07) is 11.2. The van der Waals surface area contributed by atoms with E-state index in [-0.39, 0.29) is 24.0 Å². The number of rotatable bonds is 4. The number of halogens is 2.